The van der Waals surface area contributed by atoms with E-state index in [4.69, 9.17) is 9.47 Å². The number of unbranched alkanes of at least 4 members (excludes halogenated alkanes) is 1. The van der Waals surface area contributed by atoms with Crippen LogP contribution in [0.2, 0.25) is 0 Å². The van der Waals surface area contributed by atoms with E-state index in [9.17, 15) is 29.1 Å². The van der Waals surface area contributed by atoms with Crippen LogP contribution >= 0.6 is 0 Å². The Labute approximate surface area is 344 Å². The third-order valence-electron chi connectivity index (χ3n) is 11.0. The molecule has 3 N–H and O–H groups in total. The highest BCUT2D eigenvalue weighted by Crippen LogP contribution is 2.26. The molecule has 1 rings (SSSR count). The Morgan fingerprint density at radius 2 is 1.37 bits per heavy atom. The van der Waals surface area contributed by atoms with Gasteiger partial charge in [-0.2, -0.15) is 0 Å². The largest absolute Gasteiger partial charge is 0.480 e. The monoisotopic (exact) mass is 804 g/mol. The van der Waals surface area contributed by atoms with E-state index in [-0.39, 0.29) is 54.4 Å². The molecule has 0 spiro atoms. The van der Waals surface area contributed by atoms with Gasteiger partial charge in [0, 0.05) is 34.2 Å². The lowest BCUT2D eigenvalue weighted by Crippen LogP contribution is -2.60. The topological polar surface area (TPSA) is 158 Å². The van der Waals surface area contributed by atoms with E-state index in [2.05, 4.69) is 29.4 Å². The van der Waals surface area contributed by atoms with Gasteiger partial charge >= 0.3 is 5.97 Å². The molecule has 4 amide bonds. The van der Waals surface area contributed by atoms with E-state index >= 15 is 0 Å². The van der Waals surface area contributed by atoms with Crippen molar-refractivity contribution in [2.45, 2.75) is 151 Å². The fourth-order valence-electron chi connectivity index (χ4n) is 7.65. The Balaban J connectivity index is 3.43. The number of ether oxygens (including phenoxy) is 2. The number of carbonyl (C=O) groups is 5. The summed E-state index contributed by atoms with van der Waals surface area (Å²) >= 11 is 0. The maximum Gasteiger partial charge on any atom is 0.326 e. The Bertz CT molecular complexity index is 1360. The first-order valence-corrected chi connectivity index (χ1v) is 21.2. The zero-order valence-electron chi connectivity index (χ0n) is 37.4. The number of methoxy groups -OCH3 is 2. The third kappa shape index (κ3) is 15.6. The van der Waals surface area contributed by atoms with E-state index in [1.54, 1.807) is 31.0 Å². The molecule has 13 nitrogen and oxygen atoms in total. The number of amides is 4. The minimum Gasteiger partial charge on any atom is -0.480 e. The minimum absolute atomic E-state index is 0.0359. The Morgan fingerprint density at radius 1 is 0.772 bits per heavy atom. The summed E-state index contributed by atoms with van der Waals surface area (Å²) in [6.07, 6.45) is 2.18. The summed E-state index contributed by atoms with van der Waals surface area (Å²) in [4.78, 5) is 74.0. The van der Waals surface area contributed by atoms with E-state index < -0.39 is 48.3 Å². The quantitative estimate of drug-likeness (QED) is 0.0918. The van der Waals surface area contributed by atoms with Crippen molar-refractivity contribution in [3.63, 3.8) is 0 Å². The van der Waals surface area contributed by atoms with Crippen molar-refractivity contribution in [2.24, 2.45) is 23.7 Å². The SMILES string of the molecule is CCCCN(C(=O)C[C@@H](OC)[C@H]([C@@H](C)CC)N(C)C(=O)[C@@H](NC(=O)[C@H](C(C)C)N(CCC)CCC)C(C)C)[C@H](OC)[C@@H](C)C(=O)N[C@@H](Cc1ccccc1)C(=O)O. The summed E-state index contributed by atoms with van der Waals surface area (Å²) in [7, 11) is 4.66. The normalized spacial score (nSPS) is 15.9. The zero-order valence-corrected chi connectivity index (χ0v) is 37.4. The Morgan fingerprint density at radius 3 is 1.82 bits per heavy atom. The fraction of sp³-hybridized carbons (Fsp3) is 0.750. The van der Waals surface area contributed by atoms with Crippen molar-refractivity contribution >= 4 is 29.6 Å². The molecule has 0 fully saturated rings. The van der Waals surface area contributed by atoms with Crippen LogP contribution < -0.4 is 10.6 Å². The number of carboxylic acids is 1. The molecule has 8 atom stereocenters. The van der Waals surface area contributed by atoms with Crippen molar-refractivity contribution in [1.29, 1.82) is 0 Å². The highest BCUT2D eigenvalue weighted by atomic mass is 16.5. The predicted octanol–water partition coefficient (Wildman–Crippen LogP) is 5.60. The molecule has 0 saturated heterocycles. The standard InChI is InChI=1S/C44H77N5O8/c1-14-18-26-49(43(57-13)32(10)40(51)45-34(44(54)55)27-33-22-20-19-21-23-33)36(50)28-35(56-12)39(31(9)17-4)47(11)42(53)37(29(5)6)46-41(52)38(30(7)8)48(24-15-2)25-16-3/h19-23,29-32,34-35,37-39,43H,14-18,24-28H2,1-13H3,(H,45,51)(H,46,52)(H,54,55)/t31-,32-,34-,35+,37-,38-,39-,43+/m0/s1. The van der Waals surface area contributed by atoms with Gasteiger partial charge in [0.2, 0.25) is 23.6 Å². The molecular formula is C44H77N5O8. The highest BCUT2D eigenvalue weighted by molar-refractivity contribution is 5.90. The fourth-order valence-corrected chi connectivity index (χ4v) is 7.65. The molecule has 0 aliphatic rings. The maximum atomic E-state index is 14.5. The van der Waals surface area contributed by atoms with Crippen molar-refractivity contribution in [1.82, 2.24) is 25.3 Å². The molecule has 57 heavy (non-hydrogen) atoms. The molecule has 0 radical (unpaired) electrons. The van der Waals surface area contributed by atoms with Crippen molar-refractivity contribution in [2.75, 3.05) is 40.9 Å². The summed E-state index contributed by atoms with van der Waals surface area (Å²) in [5, 5.41) is 15.7. The second-order valence-corrected chi connectivity index (χ2v) is 16.2. The number of carboxylic acid groups (broad SMARTS) is 1. The van der Waals surface area contributed by atoms with Crippen LogP contribution in [0.3, 0.4) is 0 Å². The molecule has 0 aliphatic carbocycles. The summed E-state index contributed by atoms with van der Waals surface area (Å²) in [6, 6.07) is 6.16. The van der Waals surface area contributed by atoms with Crippen LogP contribution in [0.1, 0.15) is 113 Å². The van der Waals surface area contributed by atoms with Crippen LogP contribution in [-0.2, 0) is 39.9 Å². The van der Waals surface area contributed by atoms with Gasteiger partial charge in [0.25, 0.3) is 0 Å². The van der Waals surface area contributed by atoms with Gasteiger partial charge in [0.15, 0.2) is 0 Å². The average Bonchev–Trinajstić information content (AvgIpc) is 3.17. The van der Waals surface area contributed by atoms with Crippen LogP contribution in [0.25, 0.3) is 0 Å². The predicted molar refractivity (Wildman–Crippen MR) is 225 cm³/mol. The molecule has 13 heteroatoms. The molecule has 0 bridgehead atoms. The highest BCUT2D eigenvalue weighted by Gasteiger charge is 2.41. The first kappa shape index (κ1) is 51.5. The Hall–Kier alpha value is -3.55. The van der Waals surface area contributed by atoms with Crippen molar-refractivity contribution in [3.8, 4) is 0 Å². The second kappa shape index (κ2) is 26.5. The first-order chi connectivity index (χ1) is 26.9. The molecule has 326 valence electrons. The van der Waals surface area contributed by atoms with Crippen molar-refractivity contribution < 1.29 is 38.6 Å². The van der Waals surface area contributed by atoms with Gasteiger partial charge < -0.3 is 35.0 Å². The molecule has 0 heterocycles. The lowest BCUT2D eigenvalue weighted by Gasteiger charge is -2.41. The second-order valence-electron chi connectivity index (χ2n) is 16.2. The van der Waals surface area contributed by atoms with Gasteiger partial charge in [0.05, 0.1) is 30.5 Å². The van der Waals surface area contributed by atoms with E-state index in [0.29, 0.717) is 19.4 Å². The molecule has 0 aromatic heterocycles. The number of likely N-dealkylation sites (N-methyl/N-ethyl adjacent to an activating group) is 1. The number of carbonyl (C=O) groups excluding carboxylic acids is 4. The maximum absolute atomic E-state index is 14.5. The van der Waals surface area contributed by atoms with Gasteiger partial charge in [0.1, 0.15) is 18.3 Å². The smallest absolute Gasteiger partial charge is 0.326 e. The van der Waals surface area contributed by atoms with Gasteiger partial charge in [-0.25, -0.2) is 4.79 Å². The molecule has 0 unspecified atom stereocenters. The summed E-state index contributed by atoms with van der Waals surface area (Å²) in [6.45, 7) is 21.6. The lowest BCUT2D eigenvalue weighted by atomic mass is 9.89. The van der Waals surface area contributed by atoms with Crippen molar-refractivity contribution in [3.05, 3.63) is 35.9 Å². The Kier molecular flexibility index (Phi) is 23.9. The van der Waals surface area contributed by atoms with Gasteiger partial charge in [-0.05, 0) is 62.6 Å². The molecule has 0 aliphatic heterocycles. The summed E-state index contributed by atoms with van der Waals surface area (Å²) < 4.78 is 11.9. The van der Waals surface area contributed by atoms with Crippen LogP contribution in [0.4, 0.5) is 0 Å². The van der Waals surface area contributed by atoms with Crippen LogP contribution in [-0.4, -0.2) is 127 Å². The van der Waals surface area contributed by atoms with Gasteiger partial charge in [-0.15, -0.1) is 0 Å². The number of nitrogens with zero attached hydrogens (tertiary/aromatic N) is 3. The summed E-state index contributed by atoms with van der Waals surface area (Å²) in [5.74, 6) is -3.66. The van der Waals surface area contributed by atoms with E-state index in [1.807, 2.05) is 66.7 Å². The first-order valence-electron chi connectivity index (χ1n) is 21.2. The zero-order chi connectivity index (χ0) is 43.4. The van der Waals surface area contributed by atoms with Gasteiger partial charge in [-0.3, -0.25) is 24.1 Å². The molecule has 0 saturated carbocycles. The number of rotatable bonds is 28. The molecular weight excluding hydrogens is 727 g/mol. The number of hydrogen-bond donors (Lipinski definition) is 3. The van der Waals surface area contributed by atoms with E-state index in [0.717, 1.165) is 37.9 Å². The number of benzene rings is 1. The van der Waals surface area contributed by atoms with Crippen LogP contribution in [0, 0.1) is 23.7 Å². The number of aliphatic carboxylic acids is 1. The molecule has 1 aromatic carbocycles. The number of hydrogen-bond acceptors (Lipinski definition) is 8. The average molecular weight is 804 g/mol. The van der Waals surface area contributed by atoms with Crippen LogP contribution in [0.5, 0.6) is 0 Å². The lowest BCUT2D eigenvalue weighted by molar-refractivity contribution is -0.159. The third-order valence-corrected chi connectivity index (χ3v) is 11.0. The minimum atomic E-state index is -1.18. The number of nitrogens with one attached hydrogen (secondary N) is 2. The van der Waals surface area contributed by atoms with Gasteiger partial charge in [-0.1, -0.05) is 105 Å². The van der Waals surface area contributed by atoms with E-state index in [1.165, 1.54) is 19.1 Å². The van der Waals surface area contributed by atoms with Crippen LogP contribution in [0.15, 0.2) is 30.3 Å². The summed E-state index contributed by atoms with van der Waals surface area (Å²) in [5.41, 5.74) is 0.762. The molecule has 1 aromatic rings.